The molecular formula is C13H21N3O2. The van der Waals surface area contributed by atoms with E-state index in [0.717, 1.165) is 51.9 Å². The number of rotatable bonds is 3. The van der Waals surface area contributed by atoms with E-state index in [2.05, 4.69) is 10.6 Å². The molecular weight excluding hydrogens is 230 g/mol. The molecule has 0 bridgehead atoms. The third-order valence-electron chi connectivity index (χ3n) is 4.23. The average Bonchev–Trinajstić information content (AvgIpc) is 3.10. The zero-order valence-corrected chi connectivity index (χ0v) is 10.7. The van der Waals surface area contributed by atoms with E-state index >= 15 is 0 Å². The van der Waals surface area contributed by atoms with Gasteiger partial charge >= 0.3 is 0 Å². The molecule has 1 aliphatic carbocycles. The number of nitrogens with zero attached hydrogens (tertiary/aromatic N) is 1. The molecule has 0 aromatic heterocycles. The summed E-state index contributed by atoms with van der Waals surface area (Å²) in [5.74, 6) is 0.997. The fraction of sp³-hybridized carbons (Fsp3) is 0.846. The molecule has 0 aromatic carbocycles. The van der Waals surface area contributed by atoms with Crippen molar-refractivity contribution < 1.29 is 9.59 Å². The van der Waals surface area contributed by atoms with E-state index in [1.165, 1.54) is 0 Å². The topological polar surface area (TPSA) is 61.4 Å². The number of amides is 2. The lowest BCUT2D eigenvalue weighted by atomic mass is 9.99. The van der Waals surface area contributed by atoms with E-state index in [9.17, 15) is 9.59 Å². The zero-order chi connectivity index (χ0) is 12.5. The molecule has 2 saturated heterocycles. The van der Waals surface area contributed by atoms with E-state index < -0.39 is 0 Å². The van der Waals surface area contributed by atoms with Gasteiger partial charge in [-0.1, -0.05) is 0 Å². The van der Waals surface area contributed by atoms with Crippen LogP contribution in [-0.4, -0.2) is 48.9 Å². The second-order valence-electron chi connectivity index (χ2n) is 5.74. The van der Waals surface area contributed by atoms with Crippen LogP contribution in [0.4, 0.5) is 0 Å². The molecule has 0 radical (unpaired) electrons. The Hall–Kier alpha value is -1.10. The lowest BCUT2D eigenvalue weighted by Crippen LogP contribution is -2.54. The van der Waals surface area contributed by atoms with Gasteiger partial charge in [0.05, 0.1) is 5.92 Å². The molecule has 0 atom stereocenters. The molecule has 5 nitrogen and oxygen atoms in total. The van der Waals surface area contributed by atoms with Crippen LogP contribution in [0.25, 0.3) is 0 Å². The first-order valence-electron chi connectivity index (χ1n) is 7.04. The summed E-state index contributed by atoms with van der Waals surface area (Å²) in [6, 6.07) is 0.265. The van der Waals surface area contributed by atoms with Crippen LogP contribution < -0.4 is 10.6 Å². The van der Waals surface area contributed by atoms with Crippen LogP contribution >= 0.6 is 0 Å². The summed E-state index contributed by atoms with van der Waals surface area (Å²) in [5, 5.41) is 6.22. The average molecular weight is 251 g/mol. The van der Waals surface area contributed by atoms with Gasteiger partial charge in [-0.05, 0) is 25.7 Å². The van der Waals surface area contributed by atoms with E-state index in [0.29, 0.717) is 11.8 Å². The normalized spacial score (nSPS) is 25.7. The first kappa shape index (κ1) is 12.0. The molecule has 2 heterocycles. The Bertz CT molecular complexity index is 342. The lowest BCUT2D eigenvalue weighted by Gasteiger charge is -2.34. The summed E-state index contributed by atoms with van der Waals surface area (Å²) in [5.41, 5.74) is 0. The van der Waals surface area contributed by atoms with Crippen LogP contribution in [0.3, 0.4) is 0 Å². The van der Waals surface area contributed by atoms with E-state index in [-0.39, 0.29) is 17.9 Å². The molecule has 0 spiro atoms. The quantitative estimate of drug-likeness (QED) is 0.725. The second kappa shape index (κ2) is 4.88. The second-order valence-corrected chi connectivity index (χ2v) is 5.74. The van der Waals surface area contributed by atoms with Gasteiger partial charge in [0.25, 0.3) is 0 Å². The molecule has 18 heavy (non-hydrogen) atoms. The smallest absolute Gasteiger partial charge is 0.225 e. The summed E-state index contributed by atoms with van der Waals surface area (Å²) in [6.45, 7) is 3.24. The predicted molar refractivity (Wildman–Crippen MR) is 66.8 cm³/mol. The Morgan fingerprint density at radius 2 is 1.67 bits per heavy atom. The predicted octanol–water partition coefficient (Wildman–Crippen LogP) is -0.277. The van der Waals surface area contributed by atoms with Crippen LogP contribution in [0.5, 0.6) is 0 Å². The summed E-state index contributed by atoms with van der Waals surface area (Å²) in [4.78, 5) is 25.7. The Kier molecular flexibility index (Phi) is 3.24. The monoisotopic (exact) mass is 251 g/mol. The van der Waals surface area contributed by atoms with Gasteiger partial charge in [0.15, 0.2) is 0 Å². The minimum Gasteiger partial charge on any atom is -0.353 e. The fourth-order valence-corrected chi connectivity index (χ4v) is 2.63. The van der Waals surface area contributed by atoms with Gasteiger partial charge in [0, 0.05) is 38.1 Å². The highest BCUT2D eigenvalue weighted by atomic mass is 16.2. The van der Waals surface area contributed by atoms with Crippen molar-refractivity contribution in [2.45, 2.75) is 31.7 Å². The van der Waals surface area contributed by atoms with Crippen molar-refractivity contribution >= 4 is 11.8 Å². The van der Waals surface area contributed by atoms with Gasteiger partial charge in [0.2, 0.25) is 11.8 Å². The highest BCUT2D eigenvalue weighted by molar-refractivity contribution is 5.81. The number of likely N-dealkylation sites (tertiary alicyclic amines) is 1. The molecule has 2 N–H and O–H groups in total. The van der Waals surface area contributed by atoms with E-state index in [1.807, 2.05) is 4.90 Å². The Morgan fingerprint density at radius 3 is 2.17 bits per heavy atom. The van der Waals surface area contributed by atoms with Crippen molar-refractivity contribution in [3.05, 3.63) is 0 Å². The molecule has 2 amide bonds. The van der Waals surface area contributed by atoms with Gasteiger partial charge in [-0.2, -0.15) is 0 Å². The molecule has 100 valence electrons. The maximum Gasteiger partial charge on any atom is 0.225 e. The minimum atomic E-state index is 0.163. The maximum atomic E-state index is 11.9. The van der Waals surface area contributed by atoms with Crippen molar-refractivity contribution in [1.82, 2.24) is 15.5 Å². The number of piperidine rings is 1. The van der Waals surface area contributed by atoms with Gasteiger partial charge < -0.3 is 15.5 Å². The number of hydrogen-bond donors (Lipinski definition) is 2. The standard InChI is InChI=1S/C13H21N3O2/c17-12(10-7-14-8-10)15-11-3-5-16(6-4-11)13(18)9-1-2-9/h9-11,14H,1-8H2,(H,15,17). The van der Waals surface area contributed by atoms with Crippen LogP contribution in [0.15, 0.2) is 0 Å². The van der Waals surface area contributed by atoms with Crippen LogP contribution in [0.2, 0.25) is 0 Å². The maximum absolute atomic E-state index is 11.9. The Morgan fingerprint density at radius 1 is 1.00 bits per heavy atom. The molecule has 3 rings (SSSR count). The van der Waals surface area contributed by atoms with E-state index in [4.69, 9.17) is 0 Å². The highest BCUT2D eigenvalue weighted by Crippen LogP contribution is 2.31. The van der Waals surface area contributed by atoms with Crippen LogP contribution in [-0.2, 0) is 9.59 Å². The highest BCUT2D eigenvalue weighted by Gasteiger charge is 2.35. The van der Waals surface area contributed by atoms with Crippen molar-refractivity contribution in [1.29, 1.82) is 0 Å². The summed E-state index contributed by atoms with van der Waals surface area (Å²) in [6.07, 6.45) is 3.96. The van der Waals surface area contributed by atoms with Crippen LogP contribution in [0, 0.1) is 11.8 Å². The third kappa shape index (κ3) is 2.51. The number of nitrogens with one attached hydrogen (secondary N) is 2. The first-order valence-corrected chi connectivity index (χ1v) is 7.04. The SMILES string of the molecule is O=C(NC1CCN(C(=O)C2CC2)CC1)C1CNC1. The number of carbonyl (C=O) groups excluding carboxylic acids is 2. The third-order valence-corrected chi connectivity index (χ3v) is 4.23. The first-order chi connectivity index (χ1) is 8.74. The summed E-state index contributed by atoms with van der Waals surface area (Å²) < 4.78 is 0. The van der Waals surface area contributed by atoms with Crippen molar-refractivity contribution in [3.8, 4) is 0 Å². The van der Waals surface area contributed by atoms with Crippen molar-refractivity contribution in [3.63, 3.8) is 0 Å². The Balaban J connectivity index is 1.41. The molecule has 1 saturated carbocycles. The zero-order valence-electron chi connectivity index (χ0n) is 10.7. The lowest BCUT2D eigenvalue weighted by molar-refractivity contribution is -0.133. The van der Waals surface area contributed by atoms with Crippen molar-refractivity contribution in [2.24, 2.45) is 11.8 Å². The minimum absolute atomic E-state index is 0.163. The number of hydrogen-bond acceptors (Lipinski definition) is 3. The molecule has 0 aromatic rings. The Labute approximate surface area is 107 Å². The molecule has 0 unspecified atom stereocenters. The number of carbonyl (C=O) groups is 2. The van der Waals surface area contributed by atoms with Crippen molar-refractivity contribution in [2.75, 3.05) is 26.2 Å². The molecule has 2 aliphatic heterocycles. The molecule has 5 heteroatoms. The van der Waals surface area contributed by atoms with Gasteiger partial charge in [-0.25, -0.2) is 0 Å². The van der Waals surface area contributed by atoms with Gasteiger partial charge in [-0.15, -0.1) is 0 Å². The summed E-state index contributed by atoms with van der Waals surface area (Å²) in [7, 11) is 0. The van der Waals surface area contributed by atoms with Gasteiger partial charge in [0.1, 0.15) is 0 Å². The summed E-state index contributed by atoms with van der Waals surface area (Å²) >= 11 is 0. The molecule has 3 aliphatic rings. The van der Waals surface area contributed by atoms with E-state index in [1.54, 1.807) is 0 Å². The largest absolute Gasteiger partial charge is 0.353 e. The molecule has 3 fully saturated rings. The van der Waals surface area contributed by atoms with Gasteiger partial charge in [-0.3, -0.25) is 9.59 Å². The van der Waals surface area contributed by atoms with Crippen LogP contribution in [0.1, 0.15) is 25.7 Å². The fourth-order valence-electron chi connectivity index (χ4n) is 2.63.